The molecule has 6 nitrogen and oxygen atoms in total. The number of carbonyl (C=O) groups is 2. The quantitative estimate of drug-likeness (QED) is 0.815. The molecule has 1 fully saturated rings. The van der Waals surface area contributed by atoms with Gasteiger partial charge in [0, 0.05) is 38.6 Å². The van der Waals surface area contributed by atoms with Gasteiger partial charge in [0.1, 0.15) is 4.88 Å². The molecule has 1 amide bonds. The van der Waals surface area contributed by atoms with Crippen molar-refractivity contribution in [2.75, 3.05) is 38.5 Å². The lowest BCUT2D eigenvalue weighted by molar-refractivity contribution is -0.116. The summed E-state index contributed by atoms with van der Waals surface area (Å²) in [6, 6.07) is 12.4. The summed E-state index contributed by atoms with van der Waals surface area (Å²) in [7, 11) is 2.13. The number of benzene rings is 1. The maximum atomic E-state index is 12.2. The van der Waals surface area contributed by atoms with E-state index in [-0.39, 0.29) is 10.8 Å². The van der Waals surface area contributed by atoms with Crippen LogP contribution in [0, 0.1) is 0 Å². The van der Waals surface area contributed by atoms with E-state index in [0.717, 1.165) is 31.0 Å². The van der Waals surface area contributed by atoms with Gasteiger partial charge in [0.15, 0.2) is 0 Å². The van der Waals surface area contributed by atoms with Crippen LogP contribution < -0.4 is 5.32 Å². The second-order valence-corrected chi connectivity index (χ2v) is 7.39. The molecule has 1 aliphatic heterocycles. The predicted molar refractivity (Wildman–Crippen MR) is 103 cm³/mol. The molecule has 2 heterocycles. The molecular weight excluding hydrogens is 350 g/mol. The number of amides is 1. The molecule has 0 radical (unpaired) electrons. The van der Waals surface area contributed by atoms with E-state index in [2.05, 4.69) is 46.4 Å². The average Bonchev–Trinajstić information content (AvgIpc) is 3.10. The molecule has 138 valence electrons. The normalized spacial score (nSPS) is 18.6. The molecule has 26 heavy (non-hydrogen) atoms. The SMILES string of the molecule is CN1CCN(CCC(=O)Nc2ccsc2C(=O)O)C[C@H]1c1ccccc1. The van der Waals surface area contributed by atoms with Crippen molar-refractivity contribution >= 4 is 28.9 Å². The van der Waals surface area contributed by atoms with Crippen LogP contribution in [0.15, 0.2) is 41.8 Å². The lowest BCUT2D eigenvalue weighted by atomic mass is 10.0. The van der Waals surface area contributed by atoms with Crippen LogP contribution in [0.5, 0.6) is 0 Å². The molecule has 3 rings (SSSR count). The van der Waals surface area contributed by atoms with Gasteiger partial charge >= 0.3 is 5.97 Å². The largest absolute Gasteiger partial charge is 0.477 e. The van der Waals surface area contributed by atoms with E-state index in [1.54, 1.807) is 11.4 Å². The van der Waals surface area contributed by atoms with Crippen LogP contribution in [0.3, 0.4) is 0 Å². The minimum atomic E-state index is -1.01. The molecule has 1 aromatic heterocycles. The third-order valence-corrected chi connectivity index (χ3v) is 5.61. The van der Waals surface area contributed by atoms with E-state index >= 15 is 0 Å². The molecular formula is C19H23N3O3S. The van der Waals surface area contributed by atoms with E-state index in [1.165, 1.54) is 5.56 Å². The first-order chi connectivity index (χ1) is 12.5. The predicted octanol–water partition coefficient (Wildman–Crippen LogP) is 2.76. The summed E-state index contributed by atoms with van der Waals surface area (Å²) in [5.41, 5.74) is 1.67. The van der Waals surface area contributed by atoms with E-state index in [0.29, 0.717) is 24.7 Å². The maximum absolute atomic E-state index is 12.2. The van der Waals surface area contributed by atoms with Crippen LogP contribution in [0.25, 0.3) is 0 Å². The number of nitrogens with one attached hydrogen (secondary N) is 1. The van der Waals surface area contributed by atoms with Crippen molar-refractivity contribution in [2.45, 2.75) is 12.5 Å². The molecule has 2 aromatic rings. The minimum Gasteiger partial charge on any atom is -0.477 e. The van der Waals surface area contributed by atoms with Crippen molar-refractivity contribution in [2.24, 2.45) is 0 Å². The van der Waals surface area contributed by atoms with Gasteiger partial charge in [0.2, 0.25) is 5.91 Å². The zero-order valence-corrected chi connectivity index (χ0v) is 15.5. The number of hydrogen-bond donors (Lipinski definition) is 2. The Bertz CT molecular complexity index is 762. The molecule has 1 saturated heterocycles. The van der Waals surface area contributed by atoms with Crippen LogP contribution in [0.4, 0.5) is 5.69 Å². The van der Waals surface area contributed by atoms with Crippen LogP contribution in [-0.4, -0.2) is 60.0 Å². The van der Waals surface area contributed by atoms with Gasteiger partial charge in [-0.25, -0.2) is 4.79 Å². The summed E-state index contributed by atoms with van der Waals surface area (Å²) in [5.74, 6) is -1.17. The zero-order valence-electron chi connectivity index (χ0n) is 14.7. The summed E-state index contributed by atoms with van der Waals surface area (Å²) in [6.07, 6.45) is 0.347. The minimum absolute atomic E-state index is 0.152. The molecule has 0 aliphatic carbocycles. The van der Waals surface area contributed by atoms with Crippen molar-refractivity contribution < 1.29 is 14.7 Å². The maximum Gasteiger partial charge on any atom is 0.348 e. The second kappa shape index (κ2) is 8.44. The first-order valence-electron chi connectivity index (χ1n) is 8.63. The van der Waals surface area contributed by atoms with E-state index in [9.17, 15) is 9.59 Å². The third kappa shape index (κ3) is 4.49. The van der Waals surface area contributed by atoms with Crippen LogP contribution in [-0.2, 0) is 4.79 Å². The monoisotopic (exact) mass is 373 g/mol. The number of carbonyl (C=O) groups excluding carboxylic acids is 1. The fourth-order valence-corrected chi connectivity index (χ4v) is 3.90. The number of likely N-dealkylation sites (N-methyl/N-ethyl adjacent to an activating group) is 1. The molecule has 0 bridgehead atoms. The lowest BCUT2D eigenvalue weighted by Crippen LogP contribution is -2.47. The van der Waals surface area contributed by atoms with Gasteiger partial charge in [-0.2, -0.15) is 0 Å². The Kier molecular flexibility index (Phi) is 6.03. The molecule has 1 atom stereocenters. The topological polar surface area (TPSA) is 72.9 Å². The number of carboxylic acids is 1. The molecule has 1 aromatic carbocycles. The molecule has 0 saturated carbocycles. The molecule has 7 heteroatoms. The Balaban J connectivity index is 1.53. The lowest BCUT2D eigenvalue weighted by Gasteiger charge is -2.39. The highest BCUT2D eigenvalue weighted by atomic mass is 32.1. The number of carboxylic acid groups (broad SMARTS) is 1. The van der Waals surface area contributed by atoms with Gasteiger partial charge < -0.3 is 10.4 Å². The summed E-state index contributed by atoms with van der Waals surface area (Å²) < 4.78 is 0. The van der Waals surface area contributed by atoms with Crippen molar-refractivity contribution in [3.8, 4) is 0 Å². The Morgan fingerprint density at radius 3 is 2.73 bits per heavy atom. The molecule has 2 N–H and O–H groups in total. The Hall–Kier alpha value is -2.22. The Morgan fingerprint density at radius 1 is 1.23 bits per heavy atom. The van der Waals surface area contributed by atoms with Crippen molar-refractivity contribution in [1.29, 1.82) is 0 Å². The molecule has 0 spiro atoms. The van der Waals surface area contributed by atoms with Crippen molar-refractivity contribution in [1.82, 2.24) is 9.80 Å². The van der Waals surface area contributed by atoms with Crippen LogP contribution in [0.2, 0.25) is 0 Å². The third-order valence-electron chi connectivity index (χ3n) is 4.71. The van der Waals surface area contributed by atoms with Gasteiger partial charge in [-0.05, 0) is 24.1 Å². The van der Waals surface area contributed by atoms with Crippen molar-refractivity contribution in [3.63, 3.8) is 0 Å². The standard InChI is InChI=1S/C19H23N3O3S/c1-21-10-11-22(13-16(21)14-5-3-2-4-6-14)9-7-17(23)20-15-8-12-26-18(15)19(24)25/h2-6,8,12,16H,7,9-11,13H2,1H3,(H,20,23)(H,24,25)/t16-/m0/s1. The number of anilines is 1. The summed E-state index contributed by atoms with van der Waals surface area (Å²) in [4.78, 5) is 28.1. The van der Waals surface area contributed by atoms with Gasteiger partial charge in [-0.15, -0.1) is 11.3 Å². The summed E-state index contributed by atoms with van der Waals surface area (Å²) in [5, 5.41) is 13.5. The first kappa shape index (κ1) is 18.6. The van der Waals surface area contributed by atoms with Gasteiger partial charge in [-0.3, -0.25) is 14.6 Å². The van der Waals surface area contributed by atoms with Crippen LogP contribution >= 0.6 is 11.3 Å². The number of rotatable bonds is 6. The fourth-order valence-electron chi connectivity index (χ4n) is 3.21. The highest BCUT2D eigenvalue weighted by molar-refractivity contribution is 7.12. The molecule has 1 aliphatic rings. The average molecular weight is 373 g/mol. The fraction of sp³-hybridized carbons (Fsp3) is 0.368. The number of thiophene rings is 1. The number of hydrogen-bond acceptors (Lipinski definition) is 5. The molecule has 0 unspecified atom stereocenters. The number of nitrogens with zero attached hydrogens (tertiary/aromatic N) is 2. The zero-order chi connectivity index (χ0) is 18.5. The number of aromatic carboxylic acids is 1. The first-order valence-corrected chi connectivity index (χ1v) is 9.50. The van der Waals surface area contributed by atoms with Gasteiger partial charge in [0.05, 0.1) is 5.69 Å². The van der Waals surface area contributed by atoms with Gasteiger partial charge in [0.25, 0.3) is 0 Å². The second-order valence-electron chi connectivity index (χ2n) is 6.47. The smallest absolute Gasteiger partial charge is 0.348 e. The van der Waals surface area contributed by atoms with E-state index in [1.807, 2.05) is 6.07 Å². The van der Waals surface area contributed by atoms with Gasteiger partial charge in [-0.1, -0.05) is 30.3 Å². The Morgan fingerprint density at radius 2 is 2.00 bits per heavy atom. The Labute approximate surface area is 157 Å². The van der Waals surface area contributed by atoms with Crippen molar-refractivity contribution in [3.05, 3.63) is 52.2 Å². The summed E-state index contributed by atoms with van der Waals surface area (Å²) in [6.45, 7) is 3.42. The number of piperazine rings is 1. The highest BCUT2D eigenvalue weighted by Gasteiger charge is 2.25. The highest BCUT2D eigenvalue weighted by Crippen LogP contribution is 2.24. The summed E-state index contributed by atoms with van der Waals surface area (Å²) >= 11 is 1.11. The van der Waals surface area contributed by atoms with Crippen LogP contribution in [0.1, 0.15) is 27.7 Å². The van der Waals surface area contributed by atoms with E-state index < -0.39 is 5.97 Å². The van der Waals surface area contributed by atoms with E-state index in [4.69, 9.17) is 5.11 Å².